The molecule has 1 rings (SSSR count). The van der Waals surface area contributed by atoms with Crippen LogP contribution in [-0.2, 0) is 17.8 Å². The zero-order valence-electron chi connectivity index (χ0n) is 9.29. The first-order chi connectivity index (χ1) is 7.36. The maximum absolute atomic E-state index is 4.94. The van der Waals surface area contributed by atoms with Crippen LogP contribution in [0.3, 0.4) is 0 Å². The van der Waals surface area contributed by atoms with Gasteiger partial charge in [0, 0.05) is 32.0 Å². The van der Waals surface area contributed by atoms with Gasteiger partial charge >= 0.3 is 0 Å². The van der Waals surface area contributed by atoms with Crippen molar-refractivity contribution in [2.75, 3.05) is 20.3 Å². The molecule has 1 aromatic heterocycles. The van der Waals surface area contributed by atoms with Crippen LogP contribution in [-0.4, -0.2) is 30.0 Å². The molecule has 0 radical (unpaired) electrons. The molecule has 0 atom stereocenters. The van der Waals surface area contributed by atoms with E-state index in [1.165, 1.54) is 5.56 Å². The van der Waals surface area contributed by atoms with E-state index in [2.05, 4.69) is 22.3 Å². The minimum absolute atomic E-state index is 0.661. The lowest BCUT2D eigenvalue weighted by molar-refractivity contribution is 0.199. The predicted octanol–water partition coefficient (Wildman–Crippen LogP) is 0.642. The summed E-state index contributed by atoms with van der Waals surface area (Å²) in [6.07, 6.45) is 3.86. The van der Waals surface area contributed by atoms with Gasteiger partial charge < -0.3 is 10.1 Å². The van der Waals surface area contributed by atoms with Gasteiger partial charge in [0.1, 0.15) is 6.54 Å². The van der Waals surface area contributed by atoms with Crippen molar-refractivity contribution in [2.24, 2.45) is 0 Å². The third-order valence-electron chi connectivity index (χ3n) is 1.92. The van der Waals surface area contributed by atoms with E-state index in [-0.39, 0.29) is 0 Å². The smallest absolute Gasteiger partial charge is 0.102 e. The van der Waals surface area contributed by atoms with Gasteiger partial charge in [0.15, 0.2) is 0 Å². The van der Waals surface area contributed by atoms with Gasteiger partial charge in [-0.25, -0.2) is 0 Å². The van der Waals surface area contributed by atoms with Crippen LogP contribution in [0.1, 0.15) is 12.5 Å². The summed E-state index contributed by atoms with van der Waals surface area (Å²) in [5, 5.41) is 7.45. The number of hydrogen-bond donors (Lipinski definition) is 1. The molecule has 1 aromatic rings. The molecule has 0 bridgehead atoms. The average molecular weight is 207 g/mol. The second-order valence-corrected chi connectivity index (χ2v) is 3.14. The molecule has 82 valence electrons. The van der Waals surface area contributed by atoms with Crippen molar-refractivity contribution in [1.29, 1.82) is 0 Å². The van der Waals surface area contributed by atoms with E-state index in [9.17, 15) is 0 Å². The molecule has 0 aliphatic rings. The summed E-state index contributed by atoms with van der Waals surface area (Å²) in [7, 11) is 1.70. The number of aromatic nitrogens is 2. The minimum Gasteiger partial charge on any atom is -0.383 e. The van der Waals surface area contributed by atoms with E-state index < -0.39 is 0 Å². The largest absolute Gasteiger partial charge is 0.383 e. The first-order valence-electron chi connectivity index (χ1n) is 4.97. The second kappa shape index (κ2) is 7.04. The second-order valence-electron chi connectivity index (χ2n) is 3.14. The highest BCUT2D eigenvalue weighted by molar-refractivity contribution is 5.05. The summed E-state index contributed by atoms with van der Waals surface area (Å²) in [6.45, 7) is 4.90. The molecule has 0 aromatic carbocycles. The van der Waals surface area contributed by atoms with Crippen LogP contribution in [0.25, 0.3) is 0 Å². The van der Waals surface area contributed by atoms with Gasteiger partial charge in [0.25, 0.3) is 0 Å². The normalized spacial score (nSPS) is 9.73. The van der Waals surface area contributed by atoms with Gasteiger partial charge in [-0.15, -0.1) is 5.92 Å². The van der Waals surface area contributed by atoms with Gasteiger partial charge in [-0.05, 0) is 6.92 Å². The number of ether oxygens (including phenoxy) is 1. The molecule has 0 fully saturated rings. The highest BCUT2D eigenvalue weighted by atomic mass is 16.5. The van der Waals surface area contributed by atoms with E-state index >= 15 is 0 Å². The molecular formula is C11H17N3O. The van der Waals surface area contributed by atoms with Crippen LogP contribution in [0.5, 0.6) is 0 Å². The molecule has 0 spiro atoms. The molecule has 4 heteroatoms. The molecular weight excluding hydrogens is 190 g/mol. The molecule has 0 saturated carbocycles. The van der Waals surface area contributed by atoms with E-state index in [1.54, 1.807) is 7.11 Å². The highest BCUT2D eigenvalue weighted by Crippen LogP contribution is 1.96. The van der Waals surface area contributed by atoms with Gasteiger partial charge in [-0.1, -0.05) is 5.92 Å². The number of hydrogen-bond acceptors (Lipinski definition) is 3. The van der Waals surface area contributed by atoms with Crippen LogP contribution >= 0.6 is 0 Å². The van der Waals surface area contributed by atoms with E-state index in [0.717, 1.165) is 19.7 Å². The highest BCUT2D eigenvalue weighted by Gasteiger charge is 1.96. The monoisotopic (exact) mass is 207 g/mol. The Balaban J connectivity index is 2.28. The number of rotatable bonds is 6. The summed E-state index contributed by atoms with van der Waals surface area (Å²) in [6, 6.07) is 0. The Bertz CT molecular complexity index is 335. The Labute approximate surface area is 90.6 Å². The van der Waals surface area contributed by atoms with Crippen molar-refractivity contribution in [1.82, 2.24) is 15.1 Å². The maximum atomic E-state index is 4.94. The van der Waals surface area contributed by atoms with Crippen molar-refractivity contribution >= 4 is 0 Å². The number of nitrogens with zero attached hydrogens (tertiary/aromatic N) is 2. The van der Waals surface area contributed by atoms with Crippen molar-refractivity contribution < 1.29 is 4.74 Å². The maximum Gasteiger partial charge on any atom is 0.102 e. The molecule has 0 aliphatic heterocycles. The summed E-state index contributed by atoms with van der Waals surface area (Å²) >= 11 is 0. The fourth-order valence-electron chi connectivity index (χ4n) is 1.15. The average Bonchev–Trinajstić information content (AvgIpc) is 2.69. The first-order valence-corrected chi connectivity index (χ1v) is 4.97. The molecule has 4 nitrogen and oxygen atoms in total. The quantitative estimate of drug-likeness (QED) is 0.549. The van der Waals surface area contributed by atoms with E-state index in [1.807, 2.05) is 24.0 Å². The van der Waals surface area contributed by atoms with Crippen molar-refractivity contribution in [3.63, 3.8) is 0 Å². The lowest BCUT2D eigenvalue weighted by Crippen LogP contribution is -2.18. The fourth-order valence-corrected chi connectivity index (χ4v) is 1.15. The zero-order chi connectivity index (χ0) is 10.9. The Hall–Kier alpha value is -1.31. The summed E-state index contributed by atoms with van der Waals surface area (Å²) < 4.78 is 6.77. The summed E-state index contributed by atoms with van der Waals surface area (Å²) in [5.74, 6) is 5.81. The first kappa shape index (κ1) is 11.8. The van der Waals surface area contributed by atoms with Gasteiger partial charge in [-0.3, -0.25) is 4.68 Å². The van der Waals surface area contributed by atoms with Crippen LogP contribution in [0, 0.1) is 11.8 Å². The molecule has 0 saturated heterocycles. The number of nitrogens with one attached hydrogen (secondary N) is 1. The lowest BCUT2D eigenvalue weighted by Gasteiger charge is -2.00. The van der Waals surface area contributed by atoms with Gasteiger partial charge in [0.2, 0.25) is 0 Å². The zero-order valence-corrected chi connectivity index (χ0v) is 9.29. The predicted molar refractivity (Wildman–Crippen MR) is 59.3 cm³/mol. The van der Waals surface area contributed by atoms with Crippen molar-refractivity contribution in [2.45, 2.75) is 20.0 Å². The molecule has 1 N–H and O–H groups in total. The molecule has 0 amide bonds. The van der Waals surface area contributed by atoms with Crippen LogP contribution in [0.2, 0.25) is 0 Å². The van der Waals surface area contributed by atoms with Crippen molar-refractivity contribution in [3.05, 3.63) is 18.0 Å². The van der Waals surface area contributed by atoms with Crippen LogP contribution in [0.4, 0.5) is 0 Å². The van der Waals surface area contributed by atoms with E-state index in [0.29, 0.717) is 6.54 Å². The van der Waals surface area contributed by atoms with Gasteiger partial charge in [-0.2, -0.15) is 5.10 Å². The molecule has 1 heterocycles. The third kappa shape index (κ3) is 4.63. The number of methoxy groups -OCH3 is 1. The molecule has 15 heavy (non-hydrogen) atoms. The molecule has 0 aliphatic carbocycles. The topological polar surface area (TPSA) is 39.1 Å². The Morgan fingerprint density at radius 3 is 3.20 bits per heavy atom. The fraction of sp³-hybridized carbons (Fsp3) is 0.545. The molecule has 0 unspecified atom stereocenters. The summed E-state index contributed by atoms with van der Waals surface area (Å²) in [4.78, 5) is 0. The van der Waals surface area contributed by atoms with Crippen LogP contribution < -0.4 is 5.32 Å². The summed E-state index contributed by atoms with van der Waals surface area (Å²) in [5.41, 5.74) is 1.17. The SMILES string of the molecule is CC#CCn1cc(CNCCOC)cn1. The van der Waals surface area contributed by atoms with E-state index in [4.69, 9.17) is 4.74 Å². The van der Waals surface area contributed by atoms with Crippen LogP contribution in [0.15, 0.2) is 12.4 Å². The standard InChI is InChI=1S/C11H17N3O/c1-3-4-6-14-10-11(9-13-14)8-12-5-7-15-2/h9-10,12H,5-8H2,1-2H3. The van der Waals surface area contributed by atoms with Crippen molar-refractivity contribution in [3.8, 4) is 11.8 Å². The van der Waals surface area contributed by atoms with Gasteiger partial charge in [0.05, 0.1) is 12.8 Å². The minimum atomic E-state index is 0.661. The lowest BCUT2D eigenvalue weighted by atomic mass is 10.3. The third-order valence-corrected chi connectivity index (χ3v) is 1.92. The Morgan fingerprint density at radius 2 is 2.47 bits per heavy atom. The Morgan fingerprint density at radius 1 is 1.60 bits per heavy atom. The Kier molecular flexibility index (Phi) is 5.52.